The van der Waals surface area contributed by atoms with Crippen molar-refractivity contribution >= 4 is 16.9 Å². The zero-order chi connectivity index (χ0) is 14.9. The molecule has 1 aliphatic rings. The number of fused-ring (bicyclic) bond motifs is 1. The summed E-state index contributed by atoms with van der Waals surface area (Å²) in [4.78, 5) is 12.0. The molecule has 1 aliphatic carbocycles. The molecule has 1 fully saturated rings. The maximum absolute atomic E-state index is 12.0. The number of hydrogen-bond donors (Lipinski definition) is 2. The predicted molar refractivity (Wildman–Crippen MR) is 80.8 cm³/mol. The maximum Gasteiger partial charge on any atom is 0.223 e. The average Bonchev–Trinajstić information content (AvgIpc) is 3.02. The number of nitrogens with one attached hydrogen (secondary N) is 1. The Morgan fingerprint density at radius 3 is 2.76 bits per heavy atom. The second-order valence-corrected chi connectivity index (χ2v) is 6.03. The number of amides is 1. The topological polar surface area (TPSA) is 62.5 Å². The fourth-order valence-electron chi connectivity index (χ4n) is 3.14. The molecule has 4 nitrogen and oxygen atoms in total. The van der Waals surface area contributed by atoms with Gasteiger partial charge in [-0.25, -0.2) is 0 Å². The van der Waals surface area contributed by atoms with E-state index in [1.54, 1.807) is 0 Å². The predicted octanol–water partition coefficient (Wildman–Crippen LogP) is 3.05. The first-order valence-corrected chi connectivity index (χ1v) is 7.53. The lowest BCUT2D eigenvalue weighted by Crippen LogP contribution is -2.34. The normalized spacial score (nSPS) is 17.2. The summed E-state index contributed by atoms with van der Waals surface area (Å²) in [6, 6.07) is 7.85. The summed E-state index contributed by atoms with van der Waals surface area (Å²) in [6.07, 6.45) is 3.65. The van der Waals surface area contributed by atoms with Crippen LogP contribution >= 0.6 is 0 Å². The highest BCUT2D eigenvalue weighted by molar-refractivity contribution is 5.82. The molecule has 3 rings (SSSR count). The maximum atomic E-state index is 12.0. The van der Waals surface area contributed by atoms with Crippen molar-refractivity contribution < 1.29 is 14.3 Å². The minimum absolute atomic E-state index is 0.112. The molecule has 1 aromatic heterocycles. The van der Waals surface area contributed by atoms with Gasteiger partial charge in [-0.05, 0) is 25.8 Å². The van der Waals surface area contributed by atoms with E-state index in [1.165, 1.54) is 0 Å². The quantitative estimate of drug-likeness (QED) is 0.908. The van der Waals surface area contributed by atoms with Crippen LogP contribution in [0.3, 0.4) is 0 Å². The summed E-state index contributed by atoms with van der Waals surface area (Å²) in [5, 5.41) is 14.2. The van der Waals surface area contributed by atoms with Crippen LogP contribution in [0.15, 0.2) is 28.7 Å². The van der Waals surface area contributed by atoms with Gasteiger partial charge in [0.15, 0.2) is 0 Å². The van der Waals surface area contributed by atoms with Crippen molar-refractivity contribution in [2.24, 2.45) is 0 Å². The fraction of sp³-hybridized carbons (Fsp3) is 0.471. The van der Waals surface area contributed by atoms with E-state index in [4.69, 9.17) is 4.42 Å². The summed E-state index contributed by atoms with van der Waals surface area (Å²) < 4.78 is 5.77. The first kappa shape index (κ1) is 14.1. The SMILES string of the molecule is Cc1c(CNC(=O)CC2(O)CCCC2)oc2ccccc12. The van der Waals surface area contributed by atoms with Crippen LogP contribution in [0.5, 0.6) is 0 Å². The number of carbonyl (C=O) groups is 1. The van der Waals surface area contributed by atoms with E-state index in [-0.39, 0.29) is 12.3 Å². The molecule has 112 valence electrons. The molecule has 0 bridgehead atoms. The first-order valence-electron chi connectivity index (χ1n) is 7.53. The number of rotatable bonds is 4. The van der Waals surface area contributed by atoms with Gasteiger partial charge in [-0.3, -0.25) is 4.79 Å². The van der Waals surface area contributed by atoms with Crippen LogP contribution in [0.2, 0.25) is 0 Å². The average molecular weight is 287 g/mol. The van der Waals surface area contributed by atoms with Gasteiger partial charge in [0.2, 0.25) is 5.91 Å². The van der Waals surface area contributed by atoms with Crippen LogP contribution in [0.25, 0.3) is 11.0 Å². The highest BCUT2D eigenvalue weighted by atomic mass is 16.3. The standard InChI is InChI=1S/C17H21NO3/c1-12-13-6-2-3-7-14(13)21-15(12)11-18-16(19)10-17(20)8-4-5-9-17/h2-3,6-7,20H,4-5,8-11H2,1H3,(H,18,19). The third-order valence-corrected chi connectivity index (χ3v) is 4.41. The molecule has 4 heteroatoms. The van der Waals surface area contributed by atoms with Crippen molar-refractivity contribution in [2.45, 2.75) is 51.2 Å². The molecule has 0 atom stereocenters. The molecular weight excluding hydrogens is 266 g/mol. The molecule has 0 radical (unpaired) electrons. The first-order chi connectivity index (χ1) is 10.1. The molecule has 0 saturated heterocycles. The number of para-hydroxylation sites is 1. The number of aryl methyl sites for hydroxylation is 1. The van der Waals surface area contributed by atoms with Gasteiger partial charge < -0.3 is 14.8 Å². The lowest BCUT2D eigenvalue weighted by atomic mass is 9.98. The summed E-state index contributed by atoms with van der Waals surface area (Å²) >= 11 is 0. The van der Waals surface area contributed by atoms with E-state index in [2.05, 4.69) is 5.32 Å². The van der Waals surface area contributed by atoms with Gasteiger partial charge in [0.1, 0.15) is 11.3 Å². The van der Waals surface area contributed by atoms with Crippen LogP contribution in [0.4, 0.5) is 0 Å². The molecule has 1 amide bonds. The number of hydrogen-bond acceptors (Lipinski definition) is 3. The van der Waals surface area contributed by atoms with E-state index in [0.717, 1.165) is 48.0 Å². The zero-order valence-electron chi connectivity index (χ0n) is 12.3. The van der Waals surface area contributed by atoms with E-state index in [9.17, 15) is 9.90 Å². The van der Waals surface area contributed by atoms with Gasteiger partial charge in [0.25, 0.3) is 0 Å². The summed E-state index contributed by atoms with van der Waals surface area (Å²) in [6.45, 7) is 2.37. The Balaban J connectivity index is 1.63. The Kier molecular flexibility index (Phi) is 3.72. The summed E-state index contributed by atoms with van der Waals surface area (Å²) in [7, 11) is 0. The van der Waals surface area contributed by atoms with Gasteiger partial charge >= 0.3 is 0 Å². The third-order valence-electron chi connectivity index (χ3n) is 4.41. The number of benzene rings is 1. The second kappa shape index (κ2) is 5.53. The molecule has 1 saturated carbocycles. The molecular formula is C17H21NO3. The van der Waals surface area contributed by atoms with Crippen molar-refractivity contribution in [3.63, 3.8) is 0 Å². The van der Waals surface area contributed by atoms with Gasteiger partial charge in [0, 0.05) is 10.9 Å². The molecule has 2 N–H and O–H groups in total. The second-order valence-electron chi connectivity index (χ2n) is 6.03. The van der Waals surface area contributed by atoms with Crippen LogP contribution in [-0.4, -0.2) is 16.6 Å². The van der Waals surface area contributed by atoms with Crippen LogP contribution in [-0.2, 0) is 11.3 Å². The van der Waals surface area contributed by atoms with Crippen LogP contribution < -0.4 is 5.32 Å². The van der Waals surface area contributed by atoms with E-state index in [1.807, 2.05) is 31.2 Å². The van der Waals surface area contributed by atoms with Crippen molar-refractivity contribution in [2.75, 3.05) is 0 Å². The van der Waals surface area contributed by atoms with Gasteiger partial charge in [-0.2, -0.15) is 0 Å². The van der Waals surface area contributed by atoms with Crippen LogP contribution in [0, 0.1) is 6.92 Å². The molecule has 0 aliphatic heterocycles. The lowest BCUT2D eigenvalue weighted by Gasteiger charge is -2.20. The minimum atomic E-state index is -0.799. The highest BCUT2D eigenvalue weighted by Crippen LogP contribution is 2.32. The van der Waals surface area contributed by atoms with E-state index < -0.39 is 5.60 Å². The Morgan fingerprint density at radius 1 is 1.33 bits per heavy atom. The smallest absolute Gasteiger partial charge is 0.223 e. The Morgan fingerprint density at radius 2 is 2.05 bits per heavy atom. The molecule has 0 unspecified atom stereocenters. The van der Waals surface area contributed by atoms with E-state index in [0.29, 0.717) is 6.54 Å². The van der Waals surface area contributed by atoms with Gasteiger partial charge in [0.05, 0.1) is 18.6 Å². The van der Waals surface area contributed by atoms with Crippen molar-refractivity contribution in [1.29, 1.82) is 0 Å². The van der Waals surface area contributed by atoms with E-state index >= 15 is 0 Å². The Labute approximate surface area is 124 Å². The Hall–Kier alpha value is -1.81. The zero-order valence-corrected chi connectivity index (χ0v) is 12.3. The Bertz CT molecular complexity index is 653. The molecule has 21 heavy (non-hydrogen) atoms. The number of aliphatic hydroxyl groups is 1. The lowest BCUT2D eigenvalue weighted by molar-refractivity contribution is -0.126. The summed E-state index contributed by atoms with van der Waals surface area (Å²) in [5.41, 5.74) is 1.10. The highest BCUT2D eigenvalue weighted by Gasteiger charge is 2.33. The molecule has 2 aromatic rings. The summed E-state index contributed by atoms with van der Waals surface area (Å²) in [5.74, 6) is 0.669. The molecule has 0 spiro atoms. The molecule has 1 heterocycles. The van der Waals surface area contributed by atoms with Gasteiger partial charge in [-0.15, -0.1) is 0 Å². The largest absolute Gasteiger partial charge is 0.459 e. The molecule has 1 aromatic carbocycles. The monoisotopic (exact) mass is 287 g/mol. The van der Waals surface area contributed by atoms with Crippen molar-refractivity contribution in [3.8, 4) is 0 Å². The fourth-order valence-corrected chi connectivity index (χ4v) is 3.14. The minimum Gasteiger partial charge on any atom is -0.459 e. The van der Waals surface area contributed by atoms with Crippen LogP contribution in [0.1, 0.15) is 43.4 Å². The number of furan rings is 1. The third kappa shape index (κ3) is 2.95. The van der Waals surface area contributed by atoms with Crippen molar-refractivity contribution in [3.05, 3.63) is 35.6 Å². The number of carbonyl (C=O) groups excluding carboxylic acids is 1. The van der Waals surface area contributed by atoms with Gasteiger partial charge in [-0.1, -0.05) is 31.0 Å². The van der Waals surface area contributed by atoms with Crippen molar-refractivity contribution in [1.82, 2.24) is 5.32 Å².